The smallest absolute Gasteiger partial charge is 0.459 e. The molecule has 152 valence electrons. The second kappa shape index (κ2) is 9.71. The molecule has 0 aromatic rings. The van der Waals surface area contributed by atoms with Gasteiger partial charge in [0.15, 0.2) is 0 Å². The van der Waals surface area contributed by atoms with Crippen molar-refractivity contribution in [3.63, 3.8) is 0 Å². The number of hydrogen-bond donors (Lipinski definition) is 2. The number of ether oxygens (including phenoxy) is 3. The van der Waals surface area contributed by atoms with E-state index in [0.29, 0.717) is 0 Å². The summed E-state index contributed by atoms with van der Waals surface area (Å²) in [5.74, 6) is -1.71. The quantitative estimate of drug-likeness (QED) is 0.230. The highest BCUT2D eigenvalue weighted by Gasteiger charge is 2.47. The van der Waals surface area contributed by atoms with Crippen LogP contribution in [0.4, 0.5) is 0 Å². The third-order valence-corrected chi connectivity index (χ3v) is 5.58. The Hall–Kier alpha value is -0.930. The molecule has 2 aliphatic heterocycles. The third kappa shape index (κ3) is 5.36. The summed E-state index contributed by atoms with van der Waals surface area (Å²) < 4.78 is 38.5. The van der Waals surface area contributed by atoms with Crippen molar-refractivity contribution in [1.82, 2.24) is 0 Å². The summed E-state index contributed by atoms with van der Waals surface area (Å²) >= 11 is 0. The average Bonchev–Trinajstić information content (AvgIpc) is 3.07. The first-order valence-electron chi connectivity index (χ1n) is 8.64. The number of phosphoric ester groups is 1. The van der Waals surface area contributed by atoms with Gasteiger partial charge in [0.25, 0.3) is 0 Å². The molecule has 0 aromatic carbocycles. The van der Waals surface area contributed by atoms with E-state index in [4.69, 9.17) is 39.0 Å². The van der Waals surface area contributed by atoms with Gasteiger partial charge in [0.2, 0.25) is 0 Å². The topological polar surface area (TPSA) is 121 Å². The summed E-state index contributed by atoms with van der Waals surface area (Å²) in [7, 11) is 6.98. The van der Waals surface area contributed by atoms with Crippen molar-refractivity contribution in [1.29, 1.82) is 0 Å². The molecule has 28 heavy (non-hydrogen) atoms. The van der Waals surface area contributed by atoms with E-state index in [1.807, 2.05) is 0 Å². The van der Waals surface area contributed by atoms with Crippen LogP contribution in [0.3, 0.4) is 0 Å². The highest BCUT2D eigenvalue weighted by Crippen LogP contribution is 2.49. The Balaban J connectivity index is 2.03. The van der Waals surface area contributed by atoms with Crippen LogP contribution in [0, 0.1) is 11.8 Å². The summed E-state index contributed by atoms with van der Waals surface area (Å²) in [5.41, 5.74) is 0. The van der Waals surface area contributed by atoms with E-state index >= 15 is 0 Å². The predicted octanol–water partition coefficient (Wildman–Crippen LogP) is -0.196. The van der Waals surface area contributed by atoms with Gasteiger partial charge in [-0.05, 0) is 0 Å². The molecule has 9 nitrogen and oxygen atoms in total. The van der Waals surface area contributed by atoms with Crippen molar-refractivity contribution in [2.24, 2.45) is 11.8 Å². The van der Waals surface area contributed by atoms with Crippen LogP contribution in [-0.4, -0.2) is 81.3 Å². The molecule has 0 aliphatic carbocycles. The molecule has 2 saturated heterocycles. The van der Waals surface area contributed by atoms with Gasteiger partial charge in [0.1, 0.15) is 40.1 Å². The van der Waals surface area contributed by atoms with Gasteiger partial charge in [0.05, 0.1) is 13.2 Å². The van der Waals surface area contributed by atoms with Crippen LogP contribution in [0.2, 0.25) is 0 Å². The molecule has 0 amide bonds. The molecule has 2 fully saturated rings. The first kappa shape index (κ1) is 23.3. The zero-order valence-corrected chi connectivity index (χ0v) is 16.4. The lowest BCUT2D eigenvalue weighted by molar-refractivity contribution is -0.151. The molecule has 2 aliphatic rings. The number of carbonyl (C=O) groups is 1. The van der Waals surface area contributed by atoms with Crippen molar-refractivity contribution < 1.29 is 42.6 Å². The second-order valence-electron chi connectivity index (χ2n) is 6.50. The van der Waals surface area contributed by atoms with Gasteiger partial charge >= 0.3 is 13.8 Å². The van der Waals surface area contributed by atoms with Gasteiger partial charge in [-0.1, -0.05) is 12.2 Å². The molecule has 2 rings (SSSR count). The predicted molar refractivity (Wildman–Crippen MR) is 99.5 cm³/mol. The van der Waals surface area contributed by atoms with Crippen LogP contribution < -0.4 is 0 Å². The Morgan fingerprint density at radius 3 is 2.18 bits per heavy atom. The number of esters is 1. The van der Waals surface area contributed by atoms with Crippen LogP contribution >= 0.6 is 7.82 Å². The van der Waals surface area contributed by atoms with Crippen LogP contribution in [-0.2, 0) is 32.6 Å². The summed E-state index contributed by atoms with van der Waals surface area (Å²) in [6.45, 7) is 7.52. The van der Waals surface area contributed by atoms with Gasteiger partial charge in [-0.2, -0.15) is 0 Å². The monoisotopic (exact) mass is 412 g/mol. The number of aliphatic hydroxyl groups excluding tert-OH is 1. The minimum absolute atomic E-state index is 0.439. The Labute approximate surface area is 166 Å². The zero-order valence-electron chi connectivity index (χ0n) is 15.5. The number of carbonyl (C=O) groups excluding carboxylic acids is 1. The molecule has 0 saturated carbocycles. The summed E-state index contributed by atoms with van der Waals surface area (Å²) in [6, 6.07) is -1.67. The van der Waals surface area contributed by atoms with Gasteiger partial charge in [0, 0.05) is 30.8 Å². The van der Waals surface area contributed by atoms with Crippen molar-refractivity contribution in [3.8, 4) is 0 Å². The Morgan fingerprint density at radius 1 is 1.14 bits per heavy atom. The third-order valence-electron chi connectivity index (χ3n) is 4.60. The number of hydrogen-bond acceptors (Lipinski definition) is 8. The van der Waals surface area contributed by atoms with Crippen molar-refractivity contribution >= 4 is 29.5 Å². The Morgan fingerprint density at radius 2 is 1.68 bits per heavy atom. The lowest BCUT2D eigenvalue weighted by atomic mass is 9.85. The van der Waals surface area contributed by atoms with E-state index in [1.165, 1.54) is 19.1 Å². The van der Waals surface area contributed by atoms with Crippen molar-refractivity contribution in [2.75, 3.05) is 13.2 Å². The van der Waals surface area contributed by atoms with Crippen LogP contribution in [0.1, 0.15) is 6.92 Å². The number of aliphatic hydroxyl groups is 1. The Bertz CT molecular complexity index is 633. The molecule has 0 aromatic heterocycles. The number of rotatable bonds is 9. The highest BCUT2D eigenvalue weighted by atomic mass is 31.2. The average molecular weight is 412 g/mol. The molecular weight excluding hydrogens is 389 g/mol. The van der Waals surface area contributed by atoms with E-state index in [2.05, 4.69) is 13.2 Å². The molecule has 4 radical (unpaired) electrons. The van der Waals surface area contributed by atoms with Crippen molar-refractivity contribution in [2.45, 2.75) is 43.3 Å². The SMILES string of the molecule is [B][C@@H]1O[C@H](COP(=O)(O)OC2[C@@H](CO)O[C@@H]([B])[C@H]2C=C)C(OC(C)=O)[C@@H]1C=C. The molecule has 2 heterocycles. The molecule has 0 bridgehead atoms. The first-order valence-corrected chi connectivity index (χ1v) is 10.1. The molecule has 3 unspecified atom stereocenters. The van der Waals surface area contributed by atoms with Gasteiger partial charge in [-0.15, -0.1) is 13.2 Å². The fourth-order valence-electron chi connectivity index (χ4n) is 3.26. The molecule has 2 N–H and O–H groups in total. The van der Waals surface area contributed by atoms with Crippen LogP contribution in [0.15, 0.2) is 25.3 Å². The first-order chi connectivity index (χ1) is 13.1. The fraction of sp³-hybridized carbons (Fsp3) is 0.688. The van der Waals surface area contributed by atoms with E-state index in [0.717, 1.165) is 0 Å². The molecule has 0 spiro atoms. The van der Waals surface area contributed by atoms with Crippen LogP contribution in [0.5, 0.6) is 0 Å². The van der Waals surface area contributed by atoms with Crippen molar-refractivity contribution in [3.05, 3.63) is 25.3 Å². The van der Waals surface area contributed by atoms with Gasteiger partial charge < -0.3 is 24.2 Å². The minimum Gasteiger partial charge on any atom is -0.459 e. The normalized spacial score (nSPS) is 40.0. The lowest BCUT2D eigenvalue weighted by Crippen LogP contribution is -2.35. The second-order valence-corrected chi connectivity index (χ2v) is 7.90. The maximum Gasteiger partial charge on any atom is 0.472 e. The molecular formula is C16H23B2O9P. The fourth-order valence-corrected chi connectivity index (χ4v) is 4.24. The molecule has 9 atom stereocenters. The molecule has 12 heteroatoms. The van der Waals surface area contributed by atoms with E-state index in [9.17, 15) is 19.4 Å². The number of phosphoric acid groups is 1. The highest BCUT2D eigenvalue weighted by molar-refractivity contribution is 7.47. The largest absolute Gasteiger partial charge is 0.472 e. The minimum atomic E-state index is -4.61. The lowest BCUT2D eigenvalue weighted by Gasteiger charge is -2.25. The van der Waals surface area contributed by atoms with E-state index < -0.39 is 75.3 Å². The maximum absolute atomic E-state index is 12.4. The summed E-state index contributed by atoms with van der Waals surface area (Å²) in [4.78, 5) is 21.4. The van der Waals surface area contributed by atoms with E-state index in [-0.39, 0.29) is 0 Å². The standard InChI is InChI=1S/C16H23B2O9P/c1-4-9-13(24-8(3)20)12(26-15(9)17)7-23-28(21,22)27-14-10(5-2)16(18)25-11(14)6-19/h4-5,9-16,19H,1-2,6-7H2,3H3,(H,21,22)/t9-,10-,11+,12+,13?,14?,15+,16+/m0/s1. The van der Waals surface area contributed by atoms with E-state index in [1.54, 1.807) is 0 Å². The summed E-state index contributed by atoms with van der Waals surface area (Å²) in [6.07, 6.45) is -0.806. The van der Waals surface area contributed by atoms with Gasteiger partial charge in [-0.25, -0.2) is 4.57 Å². The van der Waals surface area contributed by atoms with Crippen LogP contribution in [0.25, 0.3) is 0 Å². The summed E-state index contributed by atoms with van der Waals surface area (Å²) in [5, 5.41) is 9.37. The maximum atomic E-state index is 12.4. The Kier molecular flexibility index (Phi) is 8.10. The zero-order chi connectivity index (χ0) is 21.1. The van der Waals surface area contributed by atoms with Gasteiger partial charge in [-0.3, -0.25) is 13.8 Å².